The summed E-state index contributed by atoms with van der Waals surface area (Å²) in [5, 5.41) is 5.62. The zero-order valence-electron chi connectivity index (χ0n) is 26.1. The minimum atomic E-state index is -1.35. The van der Waals surface area contributed by atoms with E-state index in [1.807, 2.05) is 84.9 Å². The molecule has 2 rings (SSSR count). The largest absolute Gasteiger partial charge is 0.444 e. The van der Waals surface area contributed by atoms with Gasteiger partial charge in [-0.05, 0) is 96.6 Å². The normalized spacial score (nSPS) is 13.1. The van der Waals surface area contributed by atoms with E-state index in [1.165, 1.54) is 4.90 Å². The van der Waals surface area contributed by atoms with Crippen LogP contribution in [0.2, 0.25) is 0 Å². The Morgan fingerprint density at radius 2 is 1.37 bits per heavy atom. The Morgan fingerprint density at radius 1 is 0.878 bits per heavy atom. The molecule has 0 spiro atoms. The fourth-order valence-corrected chi connectivity index (χ4v) is 4.80. The minimum absolute atomic E-state index is 0.412. The third kappa shape index (κ3) is 8.55. The molecule has 0 saturated heterocycles. The number of benzene rings is 2. The highest BCUT2D eigenvalue weighted by atomic mass is 16.6. The van der Waals surface area contributed by atoms with E-state index < -0.39 is 53.5 Å². The van der Waals surface area contributed by atoms with Crippen molar-refractivity contribution in [1.82, 2.24) is 10.2 Å². The fraction of sp³-hybridized carbons (Fsp3) is 0.500. The number of alkyl carbamates (subject to hydrolysis) is 1. The lowest BCUT2D eigenvalue weighted by Gasteiger charge is -2.45. The van der Waals surface area contributed by atoms with Crippen LogP contribution < -0.4 is 16.4 Å². The zero-order valence-corrected chi connectivity index (χ0v) is 26.1. The van der Waals surface area contributed by atoms with Gasteiger partial charge < -0.3 is 26.0 Å². The Balaban J connectivity index is 2.77. The summed E-state index contributed by atoms with van der Waals surface area (Å²) in [5.74, 6) is -1.81. The van der Waals surface area contributed by atoms with Crippen molar-refractivity contribution in [1.29, 1.82) is 0 Å². The summed E-state index contributed by atoms with van der Waals surface area (Å²) in [6.45, 7) is 18.3. The van der Waals surface area contributed by atoms with Crippen molar-refractivity contribution in [3.05, 3.63) is 64.2 Å². The number of nitrogens with two attached hydrogens (primary N) is 1. The van der Waals surface area contributed by atoms with Crippen molar-refractivity contribution in [3.8, 4) is 0 Å². The third-order valence-corrected chi connectivity index (χ3v) is 7.20. The molecular formula is C32H46N4O5. The van der Waals surface area contributed by atoms with Crippen LogP contribution in [-0.4, -0.2) is 45.9 Å². The van der Waals surface area contributed by atoms with Gasteiger partial charge in [0.15, 0.2) is 0 Å². The number of amides is 4. The van der Waals surface area contributed by atoms with Gasteiger partial charge in [0, 0.05) is 11.2 Å². The van der Waals surface area contributed by atoms with Crippen LogP contribution in [0.3, 0.4) is 0 Å². The van der Waals surface area contributed by atoms with Gasteiger partial charge in [0.2, 0.25) is 11.8 Å². The Morgan fingerprint density at radius 3 is 1.80 bits per heavy atom. The van der Waals surface area contributed by atoms with E-state index in [4.69, 9.17) is 10.5 Å². The Bertz CT molecular complexity index is 1250. The van der Waals surface area contributed by atoms with Crippen LogP contribution in [0.1, 0.15) is 88.2 Å². The van der Waals surface area contributed by atoms with Crippen LogP contribution >= 0.6 is 0 Å². The number of anilines is 1. The second-order valence-electron chi connectivity index (χ2n) is 12.2. The summed E-state index contributed by atoms with van der Waals surface area (Å²) in [6.07, 6.45) is -0.853. The van der Waals surface area contributed by atoms with Gasteiger partial charge in [0.25, 0.3) is 5.91 Å². The maximum atomic E-state index is 14.5. The molecule has 9 heteroatoms. The maximum Gasteiger partial charge on any atom is 0.408 e. The third-order valence-electron chi connectivity index (χ3n) is 7.20. The van der Waals surface area contributed by atoms with Crippen LogP contribution in [0.15, 0.2) is 36.4 Å². The van der Waals surface area contributed by atoms with E-state index in [0.29, 0.717) is 17.7 Å². The van der Waals surface area contributed by atoms with E-state index in [-0.39, 0.29) is 0 Å². The van der Waals surface area contributed by atoms with Gasteiger partial charge in [0.05, 0.1) is 6.42 Å². The molecular weight excluding hydrogens is 520 g/mol. The first kappa shape index (κ1) is 33.3. The fourth-order valence-electron chi connectivity index (χ4n) is 4.80. The number of ether oxygens (including phenoxy) is 1. The number of aryl methyl sites for hydroxylation is 4. The van der Waals surface area contributed by atoms with Crippen molar-refractivity contribution in [2.24, 2.45) is 5.73 Å². The molecule has 0 bridgehead atoms. The van der Waals surface area contributed by atoms with E-state index in [2.05, 4.69) is 10.6 Å². The van der Waals surface area contributed by atoms with Gasteiger partial charge in [-0.1, -0.05) is 43.3 Å². The molecule has 41 heavy (non-hydrogen) atoms. The first-order valence-corrected chi connectivity index (χ1v) is 13.9. The molecule has 2 aromatic carbocycles. The number of carbonyl (C=O) groups is 4. The van der Waals surface area contributed by atoms with Crippen LogP contribution in [0, 0.1) is 27.7 Å². The number of nitrogens with zero attached hydrogens (tertiary/aromatic N) is 1. The van der Waals surface area contributed by atoms with Crippen LogP contribution in [-0.2, 0) is 19.1 Å². The lowest BCUT2D eigenvalue weighted by atomic mass is 9.88. The molecule has 0 fully saturated rings. The smallest absolute Gasteiger partial charge is 0.408 e. The van der Waals surface area contributed by atoms with Gasteiger partial charge in [-0.3, -0.25) is 14.4 Å². The van der Waals surface area contributed by atoms with Crippen molar-refractivity contribution in [3.63, 3.8) is 0 Å². The molecule has 4 amide bonds. The Kier molecular flexibility index (Phi) is 10.7. The highest BCUT2D eigenvalue weighted by molar-refractivity contribution is 6.01. The number of para-hydroxylation sites is 1. The molecule has 0 aromatic heterocycles. The van der Waals surface area contributed by atoms with E-state index in [0.717, 1.165) is 22.3 Å². The number of rotatable bonds is 10. The van der Waals surface area contributed by atoms with Crippen LogP contribution in [0.4, 0.5) is 10.5 Å². The summed E-state index contributed by atoms with van der Waals surface area (Å²) in [6, 6.07) is 8.96. The van der Waals surface area contributed by atoms with Crippen molar-refractivity contribution < 1.29 is 23.9 Å². The number of carbonyl (C=O) groups excluding carboxylic acids is 4. The second kappa shape index (κ2) is 13.2. The summed E-state index contributed by atoms with van der Waals surface area (Å²) in [7, 11) is 0. The molecule has 4 N–H and O–H groups in total. The highest BCUT2D eigenvalue weighted by Crippen LogP contribution is 2.36. The van der Waals surface area contributed by atoms with Gasteiger partial charge in [0.1, 0.15) is 17.7 Å². The molecule has 2 unspecified atom stereocenters. The van der Waals surface area contributed by atoms with Crippen LogP contribution in [0.5, 0.6) is 0 Å². The molecule has 2 atom stereocenters. The Hall–Kier alpha value is -3.88. The number of hydrogen-bond donors (Lipinski definition) is 3. The van der Waals surface area contributed by atoms with Crippen molar-refractivity contribution in [2.45, 2.75) is 105 Å². The van der Waals surface area contributed by atoms with E-state index >= 15 is 0 Å². The predicted molar refractivity (Wildman–Crippen MR) is 161 cm³/mol. The zero-order chi connectivity index (χ0) is 31.3. The molecule has 0 radical (unpaired) electrons. The molecule has 0 aliphatic carbocycles. The predicted octanol–water partition coefficient (Wildman–Crippen LogP) is 5.39. The quantitative estimate of drug-likeness (QED) is 0.355. The number of nitrogens with one attached hydrogen (secondary N) is 2. The second-order valence-corrected chi connectivity index (χ2v) is 12.2. The first-order chi connectivity index (χ1) is 18.9. The van der Waals surface area contributed by atoms with Gasteiger partial charge in [-0.15, -0.1) is 0 Å². The average Bonchev–Trinajstić information content (AvgIpc) is 2.83. The van der Waals surface area contributed by atoms with Gasteiger partial charge in [-0.25, -0.2) is 4.79 Å². The van der Waals surface area contributed by atoms with Crippen LogP contribution in [0.25, 0.3) is 0 Å². The number of primary amides is 1. The summed E-state index contributed by atoms with van der Waals surface area (Å²) < 4.78 is 5.38. The Labute approximate surface area is 244 Å². The first-order valence-electron chi connectivity index (χ1n) is 13.9. The molecule has 2 aromatic rings. The van der Waals surface area contributed by atoms with Crippen molar-refractivity contribution >= 4 is 29.5 Å². The highest BCUT2D eigenvalue weighted by Gasteiger charge is 2.44. The van der Waals surface area contributed by atoms with E-state index in [1.54, 1.807) is 20.8 Å². The molecule has 0 saturated carbocycles. The molecule has 224 valence electrons. The summed E-state index contributed by atoms with van der Waals surface area (Å²) >= 11 is 0. The SMILES string of the molecule is CCC(C)(C)N(C(=O)C(CC(N)=O)NC(=O)OC(C)(C)C)C(C(=O)Nc1c(C)cccc1C)c1c(C)cccc1C. The minimum Gasteiger partial charge on any atom is -0.444 e. The molecule has 0 heterocycles. The molecule has 9 nitrogen and oxygen atoms in total. The van der Waals surface area contributed by atoms with Crippen molar-refractivity contribution in [2.75, 3.05) is 5.32 Å². The lowest BCUT2D eigenvalue weighted by Crippen LogP contribution is -2.59. The lowest BCUT2D eigenvalue weighted by molar-refractivity contribution is -0.148. The molecule has 0 aliphatic rings. The average molecular weight is 567 g/mol. The van der Waals surface area contributed by atoms with E-state index in [9.17, 15) is 19.2 Å². The number of hydrogen-bond acceptors (Lipinski definition) is 5. The van der Waals surface area contributed by atoms with Gasteiger partial charge >= 0.3 is 6.09 Å². The van der Waals surface area contributed by atoms with Gasteiger partial charge in [-0.2, -0.15) is 0 Å². The monoisotopic (exact) mass is 566 g/mol. The topological polar surface area (TPSA) is 131 Å². The molecule has 0 aliphatic heterocycles. The standard InChI is InChI=1S/C32H46N4O5/c1-11-32(9,10)36(29(39)23(18-24(33)37)34-30(40)41-31(6,7)8)27(25-19(2)14-12-15-20(25)3)28(38)35-26-21(4)16-13-17-22(26)5/h12-17,23,27H,11,18H2,1-10H3,(H2,33,37)(H,34,40)(H,35,38). The maximum absolute atomic E-state index is 14.5. The summed E-state index contributed by atoms with van der Waals surface area (Å²) in [4.78, 5) is 55.2. The summed E-state index contributed by atoms with van der Waals surface area (Å²) in [5.41, 5.74) is 8.55.